The molecular weight excluding hydrogens is 451 g/mol. The molecule has 182 valence electrons. The van der Waals surface area contributed by atoms with E-state index in [1.807, 2.05) is 36.4 Å². The van der Waals surface area contributed by atoms with Gasteiger partial charge in [0.05, 0.1) is 12.6 Å². The molecule has 2 amide bonds. The van der Waals surface area contributed by atoms with E-state index in [1.54, 1.807) is 24.3 Å². The molecule has 0 aliphatic rings. The molecule has 0 aromatic heterocycles. The van der Waals surface area contributed by atoms with Gasteiger partial charge in [0.15, 0.2) is 0 Å². The van der Waals surface area contributed by atoms with E-state index in [1.165, 1.54) is 24.5 Å². The van der Waals surface area contributed by atoms with Crippen molar-refractivity contribution in [1.82, 2.24) is 10.8 Å². The van der Waals surface area contributed by atoms with E-state index in [9.17, 15) is 19.1 Å². The molecule has 0 spiro atoms. The molecule has 6 N–H and O–H groups in total. The molecule has 0 aliphatic carbocycles. The second-order valence-electron chi connectivity index (χ2n) is 7.88. The normalized spacial score (nSPS) is 12.2. The number of aliphatic hydroxyl groups is 1. The van der Waals surface area contributed by atoms with E-state index in [-0.39, 0.29) is 18.3 Å². The molecule has 0 fully saturated rings. The molecule has 3 aromatic carbocycles. The molecule has 0 heterocycles. The van der Waals surface area contributed by atoms with Crippen molar-refractivity contribution >= 4 is 28.9 Å². The first-order valence-corrected chi connectivity index (χ1v) is 10.8. The predicted octanol–water partition coefficient (Wildman–Crippen LogP) is 3.36. The van der Waals surface area contributed by atoms with Crippen LogP contribution in [0.3, 0.4) is 0 Å². The molecule has 0 bridgehead atoms. The van der Waals surface area contributed by atoms with Crippen molar-refractivity contribution in [3.05, 3.63) is 90.8 Å². The highest BCUT2D eigenvalue weighted by atomic mass is 19.1. The van der Waals surface area contributed by atoms with Gasteiger partial charge in [0, 0.05) is 17.1 Å². The van der Waals surface area contributed by atoms with Crippen molar-refractivity contribution in [2.75, 3.05) is 17.2 Å². The first kappa shape index (κ1) is 25.4. The van der Waals surface area contributed by atoms with Crippen LogP contribution >= 0.6 is 0 Å². The van der Waals surface area contributed by atoms with E-state index >= 15 is 0 Å². The fourth-order valence-electron chi connectivity index (χ4n) is 3.31. The van der Waals surface area contributed by atoms with Crippen LogP contribution in [0.25, 0.3) is 16.8 Å². The number of hydrogen-bond donors (Lipinski definition) is 6. The van der Waals surface area contributed by atoms with Gasteiger partial charge in [-0.1, -0.05) is 43.0 Å². The van der Waals surface area contributed by atoms with Gasteiger partial charge in [-0.05, 0) is 60.0 Å². The molecule has 35 heavy (non-hydrogen) atoms. The van der Waals surface area contributed by atoms with Gasteiger partial charge in [-0.3, -0.25) is 14.8 Å². The summed E-state index contributed by atoms with van der Waals surface area (Å²) >= 11 is 0. The Morgan fingerprint density at radius 1 is 0.914 bits per heavy atom. The number of anilines is 2. The summed E-state index contributed by atoms with van der Waals surface area (Å²) in [5.41, 5.74) is 5.79. The zero-order valence-corrected chi connectivity index (χ0v) is 19.1. The predicted molar refractivity (Wildman–Crippen MR) is 133 cm³/mol. The molecule has 3 rings (SSSR count). The van der Waals surface area contributed by atoms with E-state index in [4.69, 9.17) is 5.21 Å². The lowest BCUT2D eigenvalue weighted by atomic mass is 10.0. The maximum Gasteiger partial charge on any atom is 0.268 e. The number of aliphatic hydroxyl groups excluding tert-OH is 1. The van der Waals surface area contributed by atoms with E-state index in [0.717, 1.165) is 11.1 Å². The summed E-state index contributed by atoms with van der Waals surface area (Å²) in [4.78, 5) is 23.9. The topological polar surface area (TPSA) is 123 Å². The van der Waals surface area contributed by atoms with E-state index in [0.29, 0.717) is 22.6 Å². The van der Waals surface area contributed by atoms with Crippen molar-refractivity contribution in [2.45, 2.75) is 19.1 Å². The molecule has 0 aliphatic heterocycles. The number of nitrogens with one attached hydrogen (secondary N) is 4. The smallest absolute Gasteiger partial charge is 0.268 e. The number of benzene rings is 3. The fourth-order valence-corrected chi connectivity index (χ4v) is 3.31. The number of halogens is 1. The first-order valence-electron chi connectivity index (χ1n) is 10.8. The minimum Gasteiger partial charge on any atom is -0.391 e. The maximum absolute atomic E-state index is 13.0. The summed E-state index contributed by atoms with van der Waals surface area (Å²) < 4.78 is 13.0. The van der Waals surface area contributed by atoms with Crippen LogP contribution in [-0.2, 0) is 9.59 Å². The first-order chi connectivity index (χ1) is 16.8. The van der Waals surface area contributed by atoms with Gasteiger partial charge in [0.2, 0.25) is 5.91 Å². The second kappa shape index (κ2) is 11.8. The van der Waals surface area contributed by atoms with E-state index in [2.05, 4.69) is 22.5 Å². The summed E-state index contributed by atoms with van der Waals surface area (Å²) in [5, 5.41) is 27.1. The molecular formula is C26H27FN4O4. The van der Waals surface area contributed by atoms with Crippen LogP contribution in [0.1, 0.15) is 12.5 Å². The Labute approximate surface area is 202 Å². The van der Waals surface area contributed by atoms with Gasteiger partial charge in [-0.15, -0.1) is 0 Å². The highest BCUT2D eigenvalue weighted by Gasteiger charge is 2.23. The van der Waals surface area contributed by atoms with Crippen molar-refractivity contribution < 1.29 is 24.3 Å². The van der Waals surface area contributed by atoms with Crippen LogP contribution in [-0.4, -0.2) is 40.8 Å². The van der Waals surface area contributed by atoms with Gasteiger partial charge >= 0.3 is 0 Å². The van der Waals surface area contributed by atoms with Gasteiger partial charge < -0.3 is 21.1 Å². The average molecular weight is 479 g/mol. The number of amides is 2. The molecule has 0 saturated heterocycles. The SMILES string of the molecule is C=C(N[C@H](C(=O)NO)[C@@H](C)O)c1ccc(-c2ccc(NC(=O)CNc3ccc(F)cc3)cc2)cc1. The van der Waals surface area contributed by atoms with Gasteiger partial charge in [-0.2, -0.15) is 0 Å². The average Bonchev–Trinajstić information content (AvgIpc) is 2.86. The largest absolute Gasteiger partial charge is 0.391 e. The van der Waals surface area contributed by atoms with Gasteiger partial charge in [-0.25, -0.2) is 9.87 Å². The summed E-state index contributed by atoms with van der Waals surface area (Å²) in [6, 6.07) is 19.4. The second-order valence-corrected chi connectivity index (χ2v) is 7.88. The maximum atomic E-state index is 13.0. The van der Waals surface area contributed by atoms with Gasteiger partial charge in [0.25, 0.3) is 5.91 Å². The molecule has 8 nitrogen and oxygen atoms in total. The van der Waals surface area contributed by atoms with Crippen molar-refractivity contribution in [1.29, 1.82) is 0 Å². The number of carbonyl (C=O) groups excluding carboxylic acids is 2. The lowest BCUT2D eigenvalue weighted by molar-refractivity contribution is -0.133. The third kappa shape index (κ3) is 7.13. The molecule has 0 radical (unpaired) electrons. The van der Waals surface area contributed by atoms with E-state index < -0.39 is 18.1 Å². The van der Waals surface area contributed by atoms with Crippen molar-refractivity contribution in [2.24, 2.45) is 0 Å². The Balaban J connectivity index is 1.57. The molecule has 2 atom stereocenters. The zero-order chi connectivity index (χ0) is 25.4. The summed E-state index contributed by atoms with van der Waals surface area (Å²) in [6.45, 7) is 5.37. The molecule has 0 saturated carbocycles. The minimum absolute atomic E-state index is 0.0443. The van der Waals surface area contributed by atoms with Crippen LogP contribution in [0.15, 0.2) is 79.4 Å². The molecule has 3 aromatic rings. The monoisotopic (exact) mass is 478 g/mol. The van der Waals surface area contributed by atoms with Crippen LogP contribution in [0.4, 0.5) is 15.8 Å². The number of carbonyl (C=O) groups is 2. The highest BCUT2D eigenvalue weighted by Crippen LogP contribution is 2.23. The van der Waals surface area contributed by atoms with Crippen molar-refractivity contribution in [3.63, 3.8) is 0 Å². The Hall–Kier alpha value is -4.21. The standard InChI is InChI=1S/C26H27FN4O4/c1-16(29-25(17(2)32)26(34)31-35)18-3-5-19(6-4-18)20-7-11-23(12-8-20)30-24(33)15-28-22-13-9-21(27)10-14-22/h3-14,17,25,28-29,32,35H,1,15H2,2H3,(H,30,33)(H,31,34)/t17-,25+/m1/s1. The molecule has 0 unspecified atom stereocenters. The number of hydrogen-bond acceptors (Lipinski definition) is 6. The Kier molecular flexibility index (Phi) is 8.55. The Morgan fingerprint density at radius 2 is 1.46 bits per heavy atom. The van der Waals surface area contributed by atoms with Crippen LogP contribution in [0, 0.1) is 5.82 Å². The quantitative estimate of drug-likeness (QED) is 0.196. The summed E-state index contributed by atoms with van der Waals surface area (Å²) in [6.07, 6.45) is -1.05. The summed E-state index contributed by atoms with van der Waals surface area (Å²) in [7, 11) is 0. The fraction of sp³-hybridized carbons (Fsp3) is 0.154. The Morgan fingerprint density at radius 3 is 2.00 bits per heavy atom. The lowest BCUT2D eigenvalue weighted by Gasteiger charge is -2.22. The highest BCUT2D eigenvalue weighted by molar-refractivity contribution is 5.94. The third-order valence-corrected chi connectivity index (χ3v) is 5.24. The minimum atomic E-state index is -1.05. The third-order valence-electron chi connectivity index (χ3n) is 5.24. The van der Waals surface area contributed by atoms with Crippen LogP contribution in [0.5, 0.6) is 0 Å². The van der Waals surface area contributed by atoms with Crippen molar-refractivity contribution in [3.8, 4) is 11.1 Å². The van der Waals surface area contributed by atoms with Crippen LogP contribution < -0.4 is 21.4 Å². The Bertz CT molecular complexity index is 1160. The number of rotatable bonds is 10. The number of hydroxylamine groups is 1. The zero-order valence-electron chi connectivity index (χ0n) is 19.1. The lowest BCUT2D eigenvalue weighted by Crippen LogP contribution is -2.48. The van der Waals surface area contributed by atoms with Gasteiger partial charge in [0.1, 0.15) is 11.9 Å². The molecule has 9 heteroatoms. The van der Waals surface area contributed by atoms with Crippen LogP contribution in [0.2, 0.25) is 0 Å². The summed E-state index contributed by atoms with van der Waals surface area (Å²) in [5.74, 6) is -1.34.